The van der Waals surface area contributed by atoms with Crippen molar-refractivity contribution in [2.45, 2.75) is 77.0 Å². The number of carbonyl (C=O) groups excluding carboxylic acids is 2. The molecule has 274 valence electrons. The monoisotopic (exact) mass is 715 g/mol. The van der Waals surface area contributed by atoms with E-state index in [0.717, 1.165) is 12.8 Å². The molecule has 15 heteroatoms. The molecule has 1 aliphatic heterocycles. The Kier molecular flexibility index (Phi) is 13.1. The van der Waals surface area contributed by atoms with E-state index in [2.05, 4.69) is 15.2 Å². The Balaban J connectivity index is 1.62. The highest BCUT2D eigenvalue weighted by Crippen LogP contribution is 2.30. The van der Waals surface area contributed by atoms with Gasteiger partial charge in [0.25, 0.3) is 15.9 Å². The van der Waals surface area contributed by atoms with Gasteiger partial charge < -0.3 is 39.0 Å². The number of aromatic nitrogens is 1. The second-order valence-electron chi connectivity index (χ2n) is 12.8. The number of fused-ring (bicyclic) bond motifs is 1. The molecule has 0 spiro atoms. The molecule has 3 amide bonds. The lowest BCUT2D eigenvalue weighted by molar-refractivity contribution is -0.0115. The molecular formula is C35H49N5O9S. The third-order valence-corrected chi connectivity index (χ3v) is 10.3. The minimum absolute atomic E-state index is 0.0770. The van der Waals surface area contributed by atoms with Crippen LogP contribution in [0.2, 0.25) is 0 Å². The highest BCUT2D eigenvalue weighted by atomic mass is 32.2. The lowest BCUT2D eigenvalue weighted by Gasteiger charge is -2.35. The number of amides is 3. The molecular weight excluding hydrogens is 666 g/mol. The number of hydrogen-bond acceptors (Lipinski definition) is 10. The van der Waals surface area contributed by atoms with Crippen LogP contribution in [0.5, 0.6) is 11.5 Å². The molecule has 2 heterocycles. The van der Waals surface area contributed by atoms with E-state index in [0.29, 0.717) is 30.2 Å². The number of nitrogens with one attached hydrogen (secondary N) is 2. The summed E-state index contributed by atoms with van der Waals surface area (Å²) in [5.41, 5.74) is 1.09. The van der Waals surface area contributed by atoms with E-state index in [9.17, 15) is 23.1 Å². The molecule has 3 N–H and O–H groups in total. The van der Waals surface area contributed by atoms with Gasteiger partial charge in [-0.2, -0.15) is 0 Å². The van der Waals surface area contributed by atoms with Crippen LogP contribution in [0, 0.1) is 19.8 Å². The van der Waals surface area contributed by atoms with Crippen LogP contribution in [0.15, 0.2) is 51.9 Å². The summed E-state index contributed by atoms with van der Waals surface area (Å²) >= 11 is 0. The summed E-state index contributed by atoms with van der Waals surface area (Å²) in [7, 11) is -0.846. The summed E-state index contributed by atoms with van der Waals surface area (Å²) < 4.78 is 52.1. The van der Waals surface area contributed by atoms with Crippen molar-refractivity contribution in [2.75, 3.05) is 50.5 Å². The van der Waals surface area contributed by atoms with Gasteiger partial charge in [-0.1, -0.05) is 12.1 Å². The quantitative estimate of drug-likeness (QED) is 0.272. The average molecular weight is 716 g/mol. The van der Waals surface area contributed by atoms with Gasteiger partial charge >= 0.3 is 6.03 Å². The average Bonchev–Trinajstić information content (AvgIpc) is 3.44. The smallest absolute Gasteiger partial charge is 0.321 e. The summed E-state index contributed by atoms with van der Waals surface area (Å²) in [5, 5.41) is 16.9. The second kappa shape index (κ2) is 17.1. The van der Waals surface area contributed by atoms with Crippen LogP contribution in [-0.2, 0) is 14.8 Å². The highest BCUT2D eigenvalue weighted by molar-refractivity contribution is 7.92. The molecule has 50 heavy (non-hydrogen) atoms. The SMILES string of the molecule is COc1ccc(NC(=O)N(C)C[C@@H]2OCCCC[C@@H](C)Oc3ccc(NS(=O)(=O)c4c(C)noc4C)cc3C(=O)N([C@@H](C)CO)C[C@H]2C)cc1. The Morgan fingerprint density at radius 1 is 1.14 bits per heavy atom. The van der Waals surface area contributed by atoms with E-state index in [-0.39, 0.29) is 65.3 Å². The fraction of sp³-hybridized carbons (Fsp3) is 0.514. The molecule has 0 fully saturated rings. The molecule has 14 nitrogen and oxygen atoms in total. The molecule has 4 rings (SSSR count). The van der Waals surface area contributed by atoms with Crippen molar-refractivity contribution in [3.63, 3.8) is 0 Å². The number of hydrogen-bond donors (Lipinski definition) is 3. The molecule has 0 unspecified atom stereocenters. The van der Waals surface area contributed by atoms with Gasteiger partial charge in [-0.05, 0) is 89.4 Å². The Hall–Kier alpha value is -4.34. The summed E-state index contributed by atoms with van der Waals surface area (Å²) in [6.45, 7) is 9.15. The molecule has 0 aliphatic carbocycles. The van der Waals surface area contributed by atoms with Gasteiger partial charge in [0, 0.05) is 44.0 Å². The van der Waals surface area contributed by atoms with Crippen LogP contribution in [0.4, 0.5) is 16.2 Å². The summed E-state index contributed by atoms with van der Waals surface area (Å²) in [6.07, 6.45) is 1.51. The predicted molar refractivity (Wildman–Crippen MR) is 188 cm³/mol. The van der Waals surface area contributed by atoms with Gasteiger partial charge in [0.05, 0.1) is 37.5 Å². The number of methoxy groups -OCH3 is 1. The van der Waals surface area contributed by atoms with E-state index in [1.165, 1.54) is 30.9 Å². The number of nitrogens with zero attached hydrogens (tertiary/aromatic N) is 3. The zero-order chi connectivity index (χ0) is 36.6. The van der Waals surface area contributed by atoms with Crippen molar-refractivity contribution >= 4 is 33.3 Å². The number of sulfonamides is 1. The van der Waals surface area contributed by atoms with Gasteiger partial charge in [0.15, 0.2) is 10.7 Å². The van der Waals surface area contributed by atoms with Crippen molar-refractivity contribution < 1.29 is 41.8 Å². The Morgan fingerprint density at radius 2 is 1.84 bits per heavy atom. The second-order valence-corrected chi connectivity index (χ2v) is 14.4. The van der Waals surface area contributed by atoms with Crippen molar-refractivity contribution in [3.8, 4) is 11.5 Å². The molecule has 4 atom stereocenters. The third-order valence-electron chi connectivity index (χ3n) is 8.68. The molecule has 0 bridgehead atoms. The summed E-state index contributed by atoms with van der Waals surface area (Å²) in [6, 6.07) is 10.6. The van der Waals surface area contributed by atoms with Crippen molar-refractivity contribution in [1.29, 1.82) is 0 Å². The van der Waals surface area contributed by atoms with Crippen LogP contribution < -0.4 is 19.5 Å². The third kappa shape index (κ3) is 9.67. The first kappa shape index (κ1) is 38.5. The first-order valence-corrected chi connectivity index (χ1v) is 18.2. The van der Waals surface area contributed by atoms with E-state index in [4.69, 9.17) is 18.7 Å². The van der Waals surface area contributed by atoms with Gasteiger partial charge in [0.2, 0.25) is 0 Å². The van der Waals surface area contributed by atoms with Gasteiger partial charge in [-0.25, -0.2) is 13.2 Å². The molecule has 0 saturated carbocycles. The Bertz CT molecular complexity index is 1690. The van der Waals surface area contributed by atoms with E-state index in [1.807, 2.05) is 13.8 Å². The minimum atomic E-state index is -4.10. The van der Waals surface area contributed by atoms with Gasteiger partial charge in [-0.15, -0.1) is 0 Å². The predicted octanol–water partition coefficient (Wildman–Crippen LogP) is 5.06. The molecule has 0 saturated heterocycles. The molecule has 1 aliphatic rings. The zero-order valence-electron chi connectivity index (χ0n) is 29.8. The maximum atomic E-state index is 14.4. The van der Waals surface area contributed by atoms with E-state index < -0.39 is 28.1 Å². The minimum Gasteiger partial charge on any atom is -0.497 e. The molecule has 2 aromatic carbocycles. The number of anilines is 2. The van der Waals surface area contributed by atoms with Crippen LogP contribution in [0.1, 0.15) is 61.8 Å². The van der Waals surface area contributed by atoms with E-state index >= 15 is 0 Å². The van der Waals surface area contributed by atoms with Gasteiger partial charge in [0.1, 0.15) is 17.2 Å². The van der Waals surface area contributed by atoms with Crippen molar-refractivity contribution in [3.05, 3.63) is 59.5 Å². The zero-order valence-corrected chi connectivity index (χ0v) is 30.6. The maximum absolute atomic E-state index is 14.4. The normalized spacial score (nSPS) is 19.8. The number of urea groups is 1. The number of aliphatic hydroxyl groups is 1. The lowest BCUT2D eigenvalue weighted by Crippen LogP contribution is -2.48. The van der Waals surface area contributed by atoms with Crippen molar-refractivity contribution in [2.24, 2.45) is 5.92 Å². The number of benzene rings is 2. The molecule has 1 aromatic heterocycles. The van der Waals surface area contributed by atoms with Crippen molar-refractivity contribution in [1.82, 2.24) is 15.0 Å². The van der Waals surface area contributed by atoms with Gasteiger partial charge in [-0.3, -0.25) is 9.52 Å². The number of likely N-dealkylation sites (N-methyl/N-ethyl adjacent to an activating group) is 1. The van der Waals surface area contributed by atoms with Crippen LogP contribution in [0.3, 0.4) is 0 Å². The van der Waals surface area contributed by atoms with Crippen LogP contribution in [0.25, 0.3) is 0 Å². The first-order chi connectivity index (χ1) is 23.7. The Labute approximate surface area is 294 Å². The molecule has 0 radical (unpaired) electrons. The topological polar surface area (TPSA) is 173 Å². The fourth-order valence-electron chi connectivity index (χ4n) is 5.76. The highest BCUT2D eigenvalue weighted by Gasteiger charge is 2.32. The number of carbonyl (C=O) groups is 2. The maximum Gasteiger partial charge on any atom is 0.321 e. The first-order valence-electron chi connectivity index (χ1n) is 16.7. The summed E-state index contributed by atoms with van der Waals surface area (Å²) in [5.74, 6) is 0.370. The fourth-order valence-corrected chi connectivity index (χ4v) is 7.14. The number of ether oxygens (including phenoxy) is 3. The Morgan fingerprint density at radius 3 is 2.48 bits per heavy atom. The number of rotatable bonds is 9. The molecule has 3 aromatic rings. The number of aryl methyl sites for hydroxylation is 2. The van der Waals surface area contributed by atoms with E-state index in [1.54, 1.807) is 56.3 Å². The lowest BCUT2D eigenvalue weighted by atomic mass is 10.0. The summed E-state index contributed by atoms with van der Waals surface area (Å²) in [4.78, 5) is 30.6. The van der Waals surface area contributed by atoms with Crippen LogP contribution >= 0.6 is 0 Å². The number of aliphatic hydroxyl groups excluding tert-OH is 1. The van der Waals surface area contributed by atoms with Crippen LogP contribution in [-0.4, -0.2) is 99.1 Å². The standard InChI is InChI=1S/C35H49N5O9S/c1-22-19-40(23(2)21-41)34(42)30-18-28(38-50(44,45)33-25(4)37-49-26(33)5)13-16-31(30)48-24(3)10-8-9-17-47-32(22)20-39(6)35(43)36-27-11-14-29(46-7)15-12-27/h11-16,18,22-24,32,38,41H,8-10,17,19-21H2,1-7H3,(H,36,43)/t22-,23+,24-,32+/m1/s1. The largest absolute Gasteiger partial charge is 0.497 e.